The fourth-order valence-corrected chi connectivity index (χ4v) is 3.78. The van der Waals surface area contributed by atoms with Gasteiger partial charge in [-0.15, -0.1) is 10.2 Å². The van der Waals surface area contributed by atoms with E-state index >= 15 is 0 Å². The van der Waals surface area contributed by atoms with Crippen LogP contribution < -0.4 is 10.6 Å². The van der Waals surface area contributed by atoms with Crippen LogP contribution in [0.2, 0.25) is 0 Å². The number of carbonyl (C=O) groups is 3. The van der Waals surface area contributed by atoms with Gasteiger partial charge in [0, 0.05) is 35.7 Å². The van der Waals surface area contributed by atoms with E-state index in [2.05, 4.69) is 26.9 Å². The van der Waals surface area contributed by atoms with E-state index in [4.69, 9.17) is 10.2 Å². The minimum absolute atomic E-state index is 0.118. The first-order valence-electron chi connectivity index (χ1n) is 9.93. The Balaban J connectivity index is 0.000000293. The first kappa shape index (κ1) is 22.6. The van der Waals surface area contributed by atoms with Crippen molar-refractivity contribution in [1.29, 1.82) is 0 Å². The van der Waals surface area contributed by atoms with Crippen molar-refractivity contribution < 1.29 is 24.6 Å². The van der Waals surface area contributed by atoms with Gasteiger partial charge in [0.1, 0.15) is 5.01 Å². The van der Waals surface area contributed by atoms with Gasteiger partial charge >= 0.3 is 11.9 Å². The van der Waals surface area contributed by atoms with Crippen molar-refractivity contribution in [3.05, 3.63) is 52.6 Å². The third-order valence-corrected chi connectivity index (χ3v) is 5.79. The molecule has 2 aliphatic carbocycles. The molecular weight excluding hydrogens is 420 g/mol. The number of carboxylic acids is 2. The van der Waals surface area contributed by atoms with Crippen LogP contribution in [0.15, 0.2) is 36.4 Å². The summed E-state index contributed by atoms with van der Waals surface area (Å²) >= 11 is 1.39. The number of carbonyl (C=O) groups excluding carboxylic acids is 1. The van der Waals surface area contributed by atoms with Crippen LogP contribution in [0.1, 0.15) is 52.5 Å². The van der Waals surface area contributed by atoms with Crippen LogP contribution in [0.3, 0.4) is 0 Å². The summed E-state index contributed by atoms with van der Waals surface area (Å²) < 4.78 is 0. The lowest BCUT2D eigenvalue weighted by Crippen LogP contribution is -2.37. The number of benzene rings is 1. The van der Waals surface area contributed by atoms with Crippen molar-refractivity contribution in [1.82, 2.24) is 15.5 Å². The fraction of sp³-hybridized carbons (Fsp3) is 0.381. The Hall–Kier alpha value is -3.11. The molecule has 2 saturated carbocycles. The van der Waals surface area contributed by atoms with Gasteiger partial charge in [0.15, 0.2) is 0 Å². The van der Waals surface area contributed by atoms with Crippen molar-refractivity contribution in [2.45, 2.75) is 50.6 Å². The largest absolute Gasteiger partial charge is 0.478 e. The van der Waals surface area contributed by atoms with Crippen LogP contribution in [0.4, 0.5) is 5.13 Å². The average Bonchev–Trinajstić information content (AvgIpc) is 3.36. The van der Waals surface area contributed by atoms with Crippen molar-refractivity contribution in [2.24, 2.45) is 0 Å². The molecule has 0 spiro atoms. The Bertz CT molecular complexity index is 970. The van der Waals surface area contributed by atoms with E-state index in [1.807, 2.05) is 25.1 Å². The van der Waals surface area contributed by atoms with Crippen LogP contribution in [-0.2, 0) is 9.59 Å². The van der Waals surface area contributed by atoms with E-state index in [-0.39, 0.29) is 5.91 Å². The second kappa shape index (κ2) is 10.3. The molecule has 0 bridgehead atoms. The number of amides is 1. The summed E-state index contributed by atoms with van der Waals surface area (Å²) in [5.41, 5.74) is 1.94. The molecule has 0 saturated heterocycles. The Labute approximate surface area is 183 Å². The molecule has 0 radical (unpaired) electrons. The molecule has 10 heteroatoms. The molecule has 2 atom stereocenters. The number of hydrogen-bond acceptors (Lipinski definition) is 7. The van der Waals surface area contributed by atoms with Gasteiger partial charge in [-0.1, -0.05) is 29.9 Å². The maximum atomic E-state index is 12.3. The number of carboxylic acid groups (broad SMARTS) is 2. The molecule has 9 nitrogen and oxygen atoms in total. The van der Waals surface area contributed by atoms with E-state index in [1.165, 1.54) is 42.6 Å². The summed E-state index contributed by atoms with van der Waals surface area (Å²) in [4.78, 5) is 31.5. The Kier molecular flexibility index (Phi) is 7.48. The summed E-state index contributed by atoms with van der Waals surface area (Å²) in [5, 5.41) is 31.4. The summed E-state index contributed by atoms with van der Waals surface area (Å²) in [7, 11) is 0. The third-order valence-electron chi connectivity index (χ3n) is 5.04. The van der Waals surface area contributed by atoms with Gasteiger partial charge in [0.05, 0.1) is 0 Å². The highest BCUT2D eigenvalue weighted by molar-refractivity contribution is 7.15. The maximum Gasteiger partial charge on any atom is 0.328 e. The summed E-state index contributed by atoms with van der Waals surface area (Å²) in [6.07, 6.45) is 6.28. The minimum atomic E-state index is -1.26. The number of anilines is 1. The lowest BCUT2D eigenvalue weighted by atomic mass is 9.93. The van der Waals surface area contributed by atoms with E-state index in [0.717, 1.165) is 11.0 Å². The number of nitrogens with zero attached hydrogens (tertiary/aromatic N) is 2. The van der Waals surface area contributed by atoms with Crippen LogP contribution in [-0.4, -0.2) is 50.3 Å². The molecule has 2 unspecified atom stereocenters. The Morgan fingerprint density at radius 1 is 1.13 bits per heavy atom. The van der Waals surface area contributed by atoms with Crippen LogP contribution in [0.5, 0.6) is 0 Å². The summed E-state index contributed by atoms with van der Waals surface area (Å²) in [5.74, 6) is -2.08. The third kappa shape index (κ3) is 6.97. The zero-order chi connectivity index (χ0) is 22.4. The maximum absolute atomic E-state index is 12.3. The van der Waals surface area contributed by atoms with Crippen molar-refractivity contribution in [2.75, 3.05) is 5.32 Å². The smallest absolute Gasteiger partial charge is 0.328 e. The van der Waals surface area contributed by atoms with E-state index in [1.54, 1.807) is 0 Å². The lowest BCUT2D eigenvalue weighted by molar-refractivity contribution is -0.134. The van der Waals surface area contributed by atoms with Gasteiger partial charge in [-0.2, -0.15) is 0 Å². The number of nitrogens with one attached hydrogen (secondary N) is 2. The van der Waals surface area contributed by atoms with Gasteiger partial charge < -0.3 is 15.5 Å². The highest BCUT2D eigenvalue weighted by Gasteiger charge is 2.40. The molecule has 2 aromatic rings. The molecule has 4 N–H and O–H groups in total. The van der Waals surface area contributed by atoms with Gasteiger partial charge in [0.2, 0.25) is 5.13 Å². The van der Waals surface area contributed by atoms with Crippen molar-refractivity contribution >= 4 is 34.3 Å². The van der Waals surface area contributed by atoms with E-state index in [9.17, 15) is 14.4 Å². The lowest BCUT2D eigenvalue weighted by Gasteiger charge is -2.26. The summed E-state index contributed by atoms with van der Waals surface area (Å²) in [6.45, 7) is 1.87. The molecule has 2 aliphatic rings. The predicted molar refractivity (Wildman–Crippen MR) is 115 cm³/mol. The molecule has 31 heavy (non-hydrogen) atoms. The number of rotatable bonds is 7. The van der Waals surface area contributed by atoms with Crippen molar-refractivity contribution in [3.63, 3.8) is 0 Å². The van der Waals surface area contributed by atoms with Gasteiger partial charge in [-0.3, -0.25) is 10.1 Å². The first-order valence-corrected chi connectivity index (χ1v) is 10.7. The van der Waals surface area contributed by atoms with Crippen molar-refractivity contribution in [3.8, 4) is 0 Å². The molecule has 1 heterocycles. The molecule has 0 aliphatic heterocycles. The highest BCUT2D eigenvalue weighted by atomic mass is 32.1. The zero-order valence-electron chi connectivity index (χ0n) is 16.9. The Morgan fingerprint density at radius 3 is 2.39 bits per heavy atom. The molecular formula is C21H24N4O5S. The predicted octanol–water partition coefficient (Wildman–Crippen LogP) is 2.81. The van der Waals surface area contributed by atoms with E-state index in [0.29, 0.717) is 34.8 Å². The number of aliphatic carboxylic acids is 2. The zero-order valence-corrected chi connectivity index (χ0v) is 17.8. The highest BCUT2D eigenvalue weighted by Crippen LogP contribution is 2.42. The Morgan fingerprint density at radius 2 is 1.84 bits per heavy atom. The monoisotopic (exact) mass is 444 g/mol. The molecule has 1 aromatic carbocycles. The number of aryl methyl sites for hydroxylation is 1. The normalized spacial score (nSPS) is 19.8. The fourth-order valence-electron chi connectivity index (χ4n) is 3.19. The first-order chi connectivity index (χ1) is 14.8. The number of aromatic nitrogens is 2. The standard InChI is InChI=1S/C17H20N4OS.C4H4O4/c1-10-20-21-17(23-10)19-16(22)12-5-2-4-11(8-12)14-9-15(14)18-13-6-3-7-13;5-3(6)1-2-4(7)8/h2,4-5,8,13-15,18H,3,6-7,9H2,1H3,(H,19,21,22);1-2H,(H,5,6)(H,7,8). The van der Waals surface area contributed by atoms with Crippen LogP contribution in [0, 0.1) is 6.92 Å². The molecule has 1 amide bonds. The van der Waals surface area contributed by atoms with Crippen LogP contribution >= 0.6 is 11.3 Å². The van der Waals surface area contributed by atoms with Gasteiger partial charge in [-0.05, 0) is 43.9 Å². The second-order valence-electron chi connectivity index (χ2n) is 7.46. The SMILES string of the molecule is Cc1nnc(NC(=O)c2cccc(C3CC3NC3CCC3)c2)s1.O=C(O)C=CC(=O)O. The topological polar surface area (TPSA) is 142 Å². The summed E-state index contributed by atoms with van der Waals surface area (Å²) in [6, 6.07) is 9.26. The molecule has 1 aromatic heterocycles. The van der Waals surface area contributed by atoms with Gasteiger partial charge in [0.25, 0.3) is 5.91 Å². The second-order valence-corrected chi connectivity index (χ2v) is 8.64. The average molecular weight is 445 g/mol. The van der Waals surface area contributed by atoms with Crippen LogP contribution in [0.25, 0.3) is 0 Å². The number of hydrogen-bond donors (Lipinski definition) is 4. The quantitative estimate of drug-likeness (QED) is 0.478. The molecule has 164 valence electrons. The van der Waals surface area contributed by atoms with Gasteiger partial charge in [-0.25, -0.2) is 9.59 Å². The van der Waals surface area contributed by atoms with E-state index < -0.39 is 11.9 Å². The minimum Gasteiger partial charge on any atom is -0.478 e. The molecule has 4 rings (SSSR count). The molecule has 2 fully saturated rings.